The number of benzene rings is 3. The average Bonchev–Trinajstić information content (AvgIpc) is 2.61. The molecule has 0 saturated carbocycles. The van der Waals surface area contributed by atoms with Crippen LogP contribution in [-0.2, 0) is 4.79 Å². The molecule has 6 heteroatoms. The molecule has 0 bridgehead atoms. The van der Waals surface area contributed by atoms with Crippen molar-refractivity contribution in [1.29, 1.82) is 0 Å². The molecule has 126 valence electrons. The summed E-state index contributed by atoms with van der Waals surface area (Å²) in [5.74, 6) is 0.441. The normalized spacial score (nSPS) is 10.9. The van der Waals surface area contributed by atoms with E-state index in [0.29, 0.717) is 5.75 Å². The molecule has 3 rings (SSSR count). The Morgan fingerprint density at radius 3 is 2.60 bits per heavy atom. The van der Waals surface area contributed by atoms with E-state index in [9.17, 15) is 9.90 Å². The molecule has 25 heavy (non-hydrogen) atoms. The van der Waals surface area contributed by atoms with Crippen LogP contribution in [0.1, 0.15) is 5.56 Å². The van der Waals surface area contributed by atoms with Crippen LogP contribution in [0.25, 0.3) is 10.8 Å². The number of nitrogens with one attached hydrogen (secondary N) is 1. The highest BCUT2D eigenvalue weighted by Crippen LogP contribution is 2.24. The van der Waals surface area contributed by atoms with Crippen molar-refractivity contribution in [3.63, 3.8) is 0 Å². The van der Waals surface area contributed by atoms with Gasteiger partial charge in [0.2, 0.25) is 0 Å². The zero-order valence-electron chi connectivity index (χ0n) is 13.1. The van der Waals surface area contributed by atoms with Gasteiger partial charge in [0.15, 0.2) is 6.61 Å². The second kappa shape index (κ2) is 7.81. The van der Waals surface area contributed by atoms with Gasteiger partial charge < -0.3 is 9.84 Å². The molecule has 0 spiro atoms. The lowest BCUT2D eigenvalue weighted by atomic mass is 10.1. The van der Waals surface area contributed by atoms with Gasteiger partial charge in [0.05, 0.1) is 6.21 Å². The van der Waals surface area contributed by atoms with Crippen LogP contribution in [0.5, 0.6) is 11.5 Å². The molecule has 0 heterocycles. The van der Waals surface area contributed by atoms with Gasteiger partial charge in [0, 0.05) is 4.47 Å². The summed E-state index contributed by atoms with van der Waals surface area (Å²) in [4.78, 5) is 11.8. The molecule has 1 amide bonds. The number of phenols is 1. The number of halogens is 1. The van der Waals surface area contributed by atoms with Crippen LogP contribution in [0.15, 0.2) is 70.2 Å². The number of phenolic OH excluding ortho intramolecular Hbond substituents is 1. The molecule has 0 aliphatic carbocycles. The Kier molecular flexibility index (Phi) is 5.30. The van der Waals surface area contributed by atoms with Gasteiger partial charge in [-0.05, 0) is 64.9 Å². The number of carbonyl (C=O) groups excluding carboxylic acids is 1. The number of aromatic hydroxyl groups is 1. The maximum atomic E-state index is 11.8. The van der Waals surface area contributed by atoms with Crippen molar-refractivity contribution in [2.24, 2.45) is 5.10 Å². The van der Waals surface area contributed by atoms with E-state index in [1.165, 1.54) is 6.21 Å². The number of fused-ring (bicyclic) bond motifs is 1. The van der Waals surface area contributed by atoms with Crippen molar-refractivity contribution in [3.8, 4) is 11.5 Å². The average molecular weight is 399 g/mol. The molecular formula is C19H15BrN2O3. The van der Waals surface area contributed by atoms with Gasteiger partial charge in [-0.25, -0.2) is 5.43 Å². The highest BCUT2D eigenvalue weighted by atomic mass is 79.9. The lowest BCUT2D eigenvalue weighted by molar-refractivity contribution is -0.123. The second-order valence-electron chi connectivity index (χ2n) is 5.33. The topological polar surface area (TPSA) is 70.9 Å². The van der Waals surface area contributed by atoms with E-state index in [-0.39, 0.29) is 18.3 Å². The van der Waals surface area contributed by atoms with Gasteiger partial charge >= 0.3 is 0 Å². The summed E-state index contributed by atoms with van der Waals surface area (Å²) in [5, 5.41) is 15.2. The Balaban J connectivity index is 1.53. The van der Waals surface area contributed by atoms with E-state index < -0.39 is 0 Å². The lowest BCUT2D eigenvalue weighted by Gasteiger charge is -2.06. The van der Waals surface area contributed by atoms with Gasteiger partial charge in [-0.1, -0.05) is 28.1 Å². The molecule has 3 aromatic rings. The molecule has 0 radical (unpaired) electrons. The van der Waals surface area contributed by atoms with Gasteiger partial charge in [0.1, 0.15) is 11.5 Å². The van der Waals surface area contributed by atoms with Crippen LogP contribution in [0.2, 0.25) is 0 Å². The third-order valence-corrected chi connectivity index (χ3v) is 3.93. The quantitative estimate of drug-likeness (QED) is 0.506. The van der Waals surface area contributed by atoms with Crippen LogP contribution in [0, 0.1) is 0 Å². The fourth-order valence-corrected chi connectivity index (χ4v) is 2.58. The first kappa shape index (κ1) is 17.0. The fourth-order valence-electron chi connectivity index (χ4n) is 2.20. The first-order chi connectivity index (χ1) is 12.1. The van der Waals surface area contributed by atoms with E-state index in [4.69, 9.17) is 4.74 Å². The van der Waals surface area contributed by atoms with Crippen LogP contribution in [0.4, 0.5) is 0 Å². The lowest BCUT2D eigenvalue weighted by Crippen LogP contribution is -2.24. The predicted molar refractivity (Wildman–Crippen MR) is 101 cm³/mol. The van der Waals surface area contributed by atoms with Gasteiger partial charge in [-0.15, -0.1) is 0 Å². The SMILES string of the molecule is O=C(COc1ccc2cc(Br)ccc2c1)NN=Cc1ccc(O)cc1. The summed E-state index contributed by atoms with van der Waals surface area (Å²) >= 11 is 3.44. The Hall–Kier alpha value is -2.86. The van der Waals surface area contributed by atoms with Crippen LogP contribution in [0.3, 0.4) is 0 Å². The van der Waals surface area contributed by atoms with Crippen molar-refractivity contribution in [2.75, 3.05) is 6.61 Å². The molecular weight excluding hydrogens is 384 g/mol. The number of rotatable bonds is 5. The van der Waals surface area contributed by atoms with Crippen molar-refractivity contribution < 1.29 is 14.6 Å². The zero-order valence-corrected chi connectivity index (χ0v) is 14.7. The van der Waals surface area contributed by atoms with Crippen LogP contribution < -0.4 is 10.2 Å². The summed E-state index contributed by atoms with van der Waals surface area (Å²) in [6.45, 7) is -0.130. The first-order valence-electron chi connectivity index (χ1n) is 7.53. The molecule has 2 N–H and O–H groups in total. The molecule has 5 nitrogen and oxygen atoms in total. The molecule has 0 atom stereocenters. The van der Waals surface area contributed by atoms with E-state index in [1.807, 2.05) is 36.4 Å². The minimum atomic E-state index is -0.356. The third-order valence-electron chi connectivity index (χ3n) is 3.44. The zero-order chi connectivity index (χ0) is 17.6. The minimum Gasteiger partial charge on any atom is -0.508 e. The van der Waals surface area contributed by atoms with Crippen molar-refractivity contribution >= 4 is 38.8 Å². The predicted octanol–water partition coefficient (Wildman–Crippen LogP) is 3.84. The first-order valence-corrected chi connectivity index (χ1v) is 8.32. The van der Waals surface area contributed by atoms with Crippen LogP contribution >= 0.6 is 15.9 Å². The Morgan fingerprint density at radius 1 is 1.08 bits per heavy atom. The summed E-state index contributed by atoms with van der Waals surface area (Å²) in [7, 11) is 0. The standard InChI is InChI=1S/C19H15BrN2O3/c20-16-5-3-15-10-18(8-4-14(15)9-16)25-12-19(24)22-21-11-13-1-6-17(23)7-2-13/h1-11,23H,12H2,(H,22,24). The van der Waals surface area contributed by atoms with E-state index in [2.05, 4.69) is 26.5 Å². The van der Waals surface area contributed by atoms with Gasteiger partial charge in [0.25, 0.3) is 5.91 Å². The maximum absolute atomic E-state index is 11.8. The summed E-state index contributed by atoms with van der Waals surface area (Å²) < 4.78 is 6.51. The van der Waals surface area contributed by atoms with Gasteiger partial charge in [-0.2, -0.15) is 5.10 Å². The summed E-state index contributed by atoms with van der Waals surface area (Å²) in [6, 6.07) is 18.1. The fraction of sp³-hybridized carbons (Fsp3) is 0.0526. The number of amides is 1. The Labute approximate surface area is 153 Å². The minimum absolute atomic E-state index is 0.130. The highest BCUT2D eigenvalue weighted by molar-refractivity contribution is 9.10. The van der Waals surface area contributed by atoms with E-state index in [1.54, 1.807) is 24.3 Å². The van der Waals surface area contributed by atoms with Crippen molar-refractivity contribution in [3.05, 3.63) is 70.7 Å². The Morgan fingerprint density at radius 2 is 1.80 bits per heavy atom. The largest absolute Gasteiger partial charge is 0.508 e. The highest BCUT2D eigenvalue weighted by Gasteiger charge is 2.03. The smallest absolute Gasteiger partial charge is 0.277 e. The monoisotopic (exact) mass is 398 g/mol. The number of nitrogens with zero attached hydrogens (tertiary/aromatic N) is 1. The molecule has 0 aromatic heterocycles. The summed E-state index contributed by atoms with van der Waals surface area (Å²) in [5.41, 5.74) is 3.16. The van der Waals surface area contributed by atoms with E-state index in [0.717, 1.165) is 20.8 Å². The van der Waals surface area contributed by atoms with Crippen LogP contribution in [-0.4, -0.2) is 23.8 Å². The molecule has 3 aromatic carbocycles. The molecule has 0 aliphatic rings. The third kappa shape index (κ3) is 4.81. The van der Waals surface area contributed by atoms with Crippen molar-refractivity contribution in [2.45, 2.75) is 0 Å². The molecule has 0 fully saturated rings. The maximum Gasteiger partial charge on any atom is 0.277 e. The molecule has 0 saturated heterocycles. The number of hydrazone groups is 1. The number of ether oxygens (including phenoxy) is 1. The number of carbonyl (C=O) groups is 1. The molecule has 0 unspecified atom stereocenters. The Bertz CT molecular complexity index is 924. The number of hydrogen-bond acceptors (Lipinski definition) is 4. The number of hydrogen-bond donors (Lipinski definition) is 2. The summed E-state index contributed by atoms with van der Waals surface area (Å²) in [6.07, 6.45) is 1.49. The van der Waals surface area contributed by atoms with Crippen molar-refractivity contribution in [1.82, 2.24) is 5.43 Å². The van der Waals surface area contributed by atoms with E-state index >= 15 is 0 Å². The molecule has 0 aliphatic heterocycles. The van der Waals surface area contributed by atoms with Gasteiger partial charge in [-0.3, -0.25) is 4.79 Å². The second-order valence-corrected chi connectivity index (χ2v) is 6.24.